The Kier molecular flexibility index (Phi) is 3.29. The molecule has 0 saturated carbocycles. The maximum atomic E-state index is 12.9. The fraction of sp³-hybridized carbons (Fsp3) is 0.154. The molecule has 0 saturated heterocycles. The predicted octanol–water partition coefficient (Wildman–Crippen LogP) is 3.00. The van der Waals surface area contributed by atoms with E-state index < -0.39 is 0 Å². The molecular formula is C13H11ClFNO. The van der Waals surface area contributed by atoms with Crippen molar-refractivity contribution < 1.29 is 4.39 Å². The molecule has 4 heteroatoms. The summed E-state index contributed by atoms with van der Waals surface area (Å²) in [7, 11) is 0. The molecular weight excluding hydrogens is 241 g/mol. The molecule has 17 heavy (non-hydrogen) atoms. The largest absolute Gasteiger partial charge is 0.311 e. The van der Waals surface area contributed by atoms with Crippen LogP contribution >= 0.6 is 11.6 Å². The molecule has 0 aliphatic heterocycles. The zero-order valence-corrected chi connectivity index (χ0v) is 10.0. The van der Waals surface area contributed by atoms with Crippen LogP contribution in [-0.2, 0) is 6.54 Å². The fourth-order valence-corrected chi connectivity index (χ4v) is 1.80. The van der Waals surface area contributed by atoms with Crippen molar-refractivity contribution in [2.45, 2.75) is 13.5 Å². The molecule has 0 aliphatic carbocycles. The SMILES string of the molecule is Cc1ccn(Cc2ccc(F)cc2Cl)c(=O)c1. The lowest BCUT2D eigenvalue weighted by atomic mass is 10.2. The summed E-state index contributed by atoms with van der Waals surface area (Å²) in [6, 6.07) is 7.57. The average Bonchev–Trinajstić information content (AvgIpc) is 2.25. The Balaban J connectivity index is 2.35. The maximum Gasteiger partial charge on any atom is 0.251 e. The van der Waals surface area contributed by atoms with Gasteiger partial charge < -0.3 is 4.57 Å². The van der Waals surface area contributed by atoms with Gasteiger partial charge in [0.15, 0.2) is 0 Å². The molecule has 1 aromatic heterocycles. The van der Waals surface area contributed by atoms with Crippen LogP contribution in [0.1, 0.15) is 11.1 Å². The van der Waals surface area contributed by atoms with Crippen LogP contribution in [-0.4, -0.2) is 4.57 Å². The molecule has 0 radical (unpaired) electrons. The lowest BCUT2D eigenvalue weighted by Gasteiger charge is -2.07. The van der Waals surface area contributed by atoms with Gasteiger partial charge in [0.2, 0.25) is 0 Å². The summed E-state index contributed by atoms with van der Waals surface area (Å²) in [5.74, 6) is -0.380. The Morgan fingerprint density at radius 1 is 1.29 bits per heavy atom. The molecule has 88 valence electrons. The van der Waals surface area contributed by atoms with Gasteiger partial charge in [-0.25, -0.2) is 4.39 Å². The van der Waals surface area contributed by atoms with Crippen LogP contribution in [0, 0.1) is 12.7 Å². The van der Waals surface area contributed by atoms with Gasteiger partial charge in [-0.3, -0.25) is 4.79 Å². The van der Waals surface area contributed by atoms with Gasteiger partial charge in [0.05, 0.1) is 6.54 Å². The summed E-state index contributed by atoms with van der Waals surface area (Å²) < 4.78 is 14.4. The van der Waals surface area contributed by atoms with Crippen LogP contribution < -0.4 is 5.56 Å². The lowest BCUT2D eigenvalue weighted by molar-refractivity contribution is 0.626. The number of nitrogens with zero attached hydrogens (tertiary/aromatic N) is 1. The number of rotatable bonds is 2. The fourth-order valence-electron chi connectivity index (χ4n) is 1.57. The van der Waals surface area contributed by atoms with Crippen LogP contribution in [0.25, 0.3) is 0 Å². The van der Waals surface area contributed by atoms with Gasteiger partial charge in [-0.1, -0.05) is 17.7 Å². The van der Waals surface area contributed by atoms with Gasteiger partial charge in [0.1, 0.15) is 5.82 Å². The first-order chi connectivity index (χ1) is 8.06. The molecule has 1 heterocycles. The summed E-state index contributed by atoms with van der Waals surface area (Å²) in [6.45, 7) is 2.20. The first-order valence-electron chi connectivity index (χ1n) is 5.17. The van der Waals surface area contributed by atoms with Crippen molar-refractivity contribution in [2.75, 3.05) is 0 Å². The van der Waals surface area contributed by atoms with E-state index in [9.17, 15) is 9.18 Å². The molecule has 1 aromatic carbocycles. The van der Waals surface area contributed by atoms with Crippen molar-refractivity contribution >= 4 is 11.6 Å². The topological polar surface area (TPSA) is 22.0 Å². The molecule has 0 bridgehead atoms. The van der Waals surface area contributed by atoms with Gasteiger partial charge in [-0.2, -0.15) is 0 Å². The number of benzene rings is 1. The number of hydrogen-bond donors (Lipinski definition) is 0. The van der Waals surface area contributed by atoms with E-state index in [1.54, 1.807) is 18.3 Å². The third-order valence-electron chi connectivity index (χ3n) is 2.51. The van der Waals surface area contributed by atoms with E-state index in [0.717, 1.165) is 11.1 Å². The summed E-state index contributed by atoms with van der Waals surface area (Å²) >= 11 is 5.91. The van der Waals surface area contributed by atoms with Crippen molar-refractivity contribution in [3.8, 4) is 0 Å². The summed E-state index contributed by atoms with van der Waals surface area (Å²) in [5.41, 5.74) is 1.54. The van der Waals surface area contributed by atoms with Crippen molar-refractivity contribution in [3.05, 3.63) is 68.8 Å². The molecule has 0 spiro atoms. The maximum absolute atomic E-state index is 12.9. The van der Waals surface area contributed by atoms with Crippen molar-refractivity contribution in [2.24, 2.45) is 0 Å². The Morgan fingerprint density at radius 2 is 2.06 bits per heavy atom. The third kappa shape index (κ3) is 2.74. The van der Waals surface area contributed by atoms with Gasteiger partial charge in [0, 0.05) is 17.3 Å². The second-order valence-electron chi connectivity index (χ2n) is 3.91. The summed E-state index contributed by atoms with van der Waals surface area (Å²) in [6.07, 6.45) is 1.71. The zero-order chi connectivity index (χ0) is 12.4. The molecule has 0 amide bonds. The lowest BCUT2D eigenvalue weighted by Crippen LogP contribution is -2.19. The Morgan fingerprint density at radius 3 is 2.71 bits per heavy atom. The van der Waals surface area contributed by atoms with E-state index >= 15 is 0 Å². The molecule has 0 N–H and O–H groups in total. The standard InChI is InChI=1S/C13H11ClFNO/c1-9-4-5-16(13(17)6-9)8-10-2-3-11(15)7-12(10)14/h2-7H,8H2,1H3. The summed E-state index contributed by atoms with van der Waals surface area (Å²) in [5, 5.41) is 0.331. The second kappa shape index (κ2) is 4.72. The summed E-state index contributed by atoms with van der Waals surface area (Å²) in [4.78, 5) is 11.7. The molecule has 0 aliphatic rings. The van der Waals surface area contributed by atoms with Gasteiger partial charge in [-0.05, 0) is 36.2 Å². The van der Waals surface area contributed by atoms with Gasteiger partial charge in [-0.15, -0.1) is 0 Å². The van der Waals surface area contributed by atoms with Crippen LogP contribution in [0.5, 0.6) is 0 Å². The van der Waals surface area contributed by atoms with E-state index in [-0.39, 0.29) is 11.4 Å². The van der Waals surface area contributed by atoms with Gasteiger partial charge >= 0.3 is 0 Å². The highest BCUT2D eigenvalue weighted by Crippen LogP contribution is 2.17. The van der Waals surface area contributed by atoms with E-state index in [0.29, 0.717) is 11.6 Å². The molecule has 0 fully saturated rings. The number of aryl methyl sites for hydroxylation is 1. The van der Waals surface area contributed by atoms with Crippen LogP contribution in [0.3, 0.4) is 0 Å². The highest BCUT2D eigenvalue weighted by Gasteiger charge is 2.04. The van der Waals surface area contributed by atoms with Crippen LogP contribution in [0.2, 0.25) is 5.02 Å². The first-order valence-corrected chi connectivity index (χ1v) is 5.55. The van der Waals surface area contributed by atoms with E-state index in [1.165, 1.54) is 16.7 Å². The number of aromatic nitrogens is 1. The number of pyridine rings is 1. The van der Waals surface area contributed by atoms with E-state index in [1.807, 2.05) is 13.0 Å². The average molecular weight is 252 g/mol. The Bertz CT molecular complexity index is 607. The van der Waals surface area contributed by atoms with Crippen LogP contribution in [0.4, 0.5) is 4.39 Å². The zero-order valence-electron chi connectivity index (χ0n) is 9.28. The third-order valence-corrected chi connectivity index (χ3v) is 2.86. The van der Waals surface area contributed by atoms with Gasteiger partial charge in [0.25, 0.3) is 5.56 Å². The highest BCUT2D eigenvalue weighted by atomic mass is 35.5. The normalized spacial score (nSPS) is 10.5. The quantitative estimate of drug-likeness (QED) is 0.804. The van der Waals surface area contributed by atoms with Crippen molar-refractivity contribution in [1.29, 1.82) is 0 Å². The van der Waals surface area contributed by atoms with Crippen LogP contribution in [0.15, 0.2) is 41.3 Å². The minimum atomic E-state index is -0.380. The minimum Gasteiger partial charge on any atom is -0.311 e. The van der Waals surface area contributed by atoms with Crippen molar-refractivity contribution in [1.82, 2.24) is 4.57 Å². The Hall–Kier alpha value is -1.61. The second-order valence-corrected chi connectivity index (χ2v) is 4.31. The smallest absolute Gasteiger partial charge is 0.251 e. The predicted molar refractivity (Wildman–Crippen MR) is 66.0 cm³/mol. The molecule has 0 unspecified atom stereocenters. The van der Waals surface area contributed by atoms with E-state index in [4.69, 9.17) is 11.6 Å². The minimum absolute atomic E-state index is 0.0922. The molecule has 0 atom stereocenters. The number of hydrogen-bond acceptors (Lipinski definition) is 1. The molecule has 2 rings (SSSR count). The Labute approximate surface area is 103 Å². The highest BCUT2D eigenvalue weighted by molar-refractivity contribution is 6.31. The monoisotopic (exact) mass is 251 g/mol. The first kappa shape index (κ1) is 11.9. The van der Waals surface area contributed by atoms with E-state index in [2.05, 4.69) is 0 Å². The molecule has 2 nitrogen and oxygen atoms in total. The molecule has 2 aromatic rings. The number of halogens is 2. The van der Waals surface area contributed by atoms with Crippen molar-refractivity contribution in [3.63, 3.8) is 0 Å².